The van der Waals surface area contributed by atoms with E-state index in [4.69, 9.17) is 5.41 Å². The lowest BCUT2D eigenvalue weighted by atomic mass is 10.1. The fraction of sp³-hybridized carbons (Fsp3) is 0.100. The molecule has 0 radical (unpaired) electrons. The highest BCUT2D eigenvalue weighted by Gasteiger charge is 2.29. The van der Waals surface area contributed by atoms with Crippen molar-refractivity contribution in [2.75, 3.05) is 0 Å². The highest BCUT2D eigenvalue weighted by molar-refractivity contribution is 5.79. The number of fused-ring (bicyclic) bond motifs is 1. The molecule has 0 saturated heterocycles. The second kappa shape index (κ2) is 7.42. The van der Waals surface area contributed by atoms with Crippen molar-refractivity contribution in [2.24, 2.45) is 5.10 Å². The zero-order chi connectivity index (χ0) is 22.3. The van der Waals surface area contributed by atoms with Gasteiger partial charge in [-0.1, -0.05) is 12.1 Å². The van der Waals surface area contributed by atoms with Crippen LogP contribution in [0.5, 0.6) is 0 Å². The Morgan fingerprint density at radius 3 is 2.42 bits per heavy atom. The first kappa shape index (κ1) is 20.4. The molecule has 0 aliphatic carbocycles. The maximum absolute atomic E-state index is 14.2. The molecule has 4 rings (SSSR count). The topological polar surface area (TPSA) is 71.8 Å². The molecule has 2 heterocycles. The van der Waals surface area contributed by atoms with Crippen LogP contribution in [-0.4, -0.2) is 25.4 Å². The maximum atomic E-state index is 14.2. The number of alkyl halides is 3. The van der Waals surface area contributed by atoms with Crippen LogP contribution in [0.25, 0.3) is 16.9 Å². The van der Waals surface area contributed by atoms with E-state index >= 15 is 0 Å². The minimum absolute atomic E-state index is 0.0271. The molecule has 0 spiro atoms. The first-order valence-electron chi connectivity index (χ1n) is 8.83. The second-order valence-electron chi connectivity index (χ2n) is 6.56. The molecule has 0 aliphatic heterocycles. The zero-order valence-electron chi connectivity index (χ0n) is 15.8. The molecule has 0 amide bonds. The molecule has 1 N–H and O–H groups in total. The summed E-state index contributed by atoms with van der Waals surface area (Å²) in [5.74, 6) is -1.22. The molecule has 0 aliphatic rings. The molecule has 0 saturated carbocycles. The van der Waals surface area contributed by atoms with Crippen LogP contribution < -0.4 is 5.49 Å². The van der Waals surface area contributed by atoms with Crippen molar-refractivity contribution in [2.45, 2.75) is 13.1 Å². The van der Waals surface area contributed by atoms with Gasteiger partial charge in [0.1, 0.15) is 23.8 Å². The predicted octanol–water partition coefficient (Wildman–Crippen LogP) is 4.19. The average molecular weight is 432 g/mol. The number of aryl methyl sites for hydroxylation is 1. The Balaban J connectivity index is 1.72. The van der Waals surface area contributed by atoms with Crippen LogP contribution in [0.4, 0.5) is 22.0 Å². The molecule has 31 heavy (non-hydrogen) atoms. The normalized spacial score (nSPS) is 12.2. The van der Waals surface area contributed by atoms with E-state index in [1.165, 1.54) is 35.3 Å². The second-order valence-corrected chi connectivity index (χ2v) is 6.56. The van der Waals surface area contributed by atoms with Gasteiger partial charge < -0.3 is 0 Å². The van der Waals surface area contributed by atoms with Gasteiger partial charge in [-0.05, 0) is 36.8 Å². The molecule has 0 unspecified atom stereocenters. The van der Waals surface area contributed by atoms with E-state index in [2.05, 4.69) is 15.1 Å². The molecule has 0 fully saturated rings. The quantitative estimate of drug-likeness (QED) is 0.390. The molecule has 2 aromatic heterocycles. The van der Waals surface area contributed by atoms with Crippen molar-refractivity contribution in [1.29, 1.82) is 5.41 Å². The van der Waals surface area contributed by atoms with Crippen LogP contribution in [0.2, 0.25) is 0 Å². The van der Waals surface area contributed by atoms with Gasteiger partial charge in [-0.3, -0.25) is 9.98 Å². The highest BCUT2D eigenvalue weighted by atomic mass is 19.4. The number of hydrogen-bond acceptors (Lipinski definition) is 4. The molecule has 158 valence electrons. The number of imidazole rings is 1. The van der Waals surface area contributed by atoms with E-state index in [9.17, 15) is 22.0 Å². The Hall–Kier alpha value is -3.89. The Kier molecular flexibility index (Phi) is 4.88. The summed E-state index contributed by atoms with van der Waals surface area (Å²) in [5, 5.41) is 12.4. The van der Waals surface area contributed by atoms with E-state index in [0.717, 1.165) is 28.9 Å². The van der Waals surface area contributed by atoms with Crippen molar-refractivity contribution < 1.29 is 22.0 Å². The van der Waals surface area contributed by atoms with Crippen LogP contribution in [0, 0.1) is 24.0 Å². The number of nitrogens with one attached hydrogen (secondary N) is 1. The van der Waals surface area contributed by atoms with Crippen LogP contribution in [0.15, 0.2) is 53.9 Å². The van der Waals surface area contributed by atoms with Crippen LogP contribution in [0.1, 0.15) is 17.0 Å². The molecule has 4 aromatic rings. The Morgan fingerprint density at radius 2 is 1.77 bits per heavy atom. The van der Waals surface area contributed by atoms with Crippen molar-refractivity contribution in [1.82, 2.24) is 19.2 Å². The smallest absolute Gasteiger partial charge is 0.281 e. The first-order valence-corrected chi connectivity index (χ1v) is 8.83. The van der Waals surface area contributed by atoms with E-state index in [1.54, 1.807) is 6.92 Å². The summed E-state index contributed by atoms with van der Waals surface area (Å²) in [4.78, 5) is 8.42. The third kappa shape index (κ3) is 3.81. The van der Waals surface area contributed by atoms with Crippen molar-refractivity contribution >= 4 is 17.4 Å². The minimum atomic E-state index is -4.44. The fourth-order valence-electron chi connectivity index (χ4n) is 3.00. The third-order valence-electron chi connectivity index (χ3n) is 4.48. The number of rotatable bonds is 3. The van der Waals surface area contributed by atoms with Gasteiger partial charge in [-0.2, -0.15) is 18.3 Å². The maximum Gasteiger partial charge on any atom is 0.416 e. The Labute approximate surface area is 171 Å². The fourth-order valence-corrected chi connectivity index (χ4v) is 3.00. The molecule has 11 heteroatoms. The van der Waals surface area contributed by atoms with Gasteiger partial charge in [-0.15, -0.1) is 0 Å². The largest absolute Gasteiger partial charge is 0.416 e. The van der Waals surface area contributed by atoms with Gasteiger partial charge in [0.25, 0.3) is 0 Å². The van der Waals surface area contributed by atoms with Crippen molar-refractivity contribution in [3.63, 3.8) is 0 Å². The minimum Gasteiger partial charge on any atom is -0.281 e. The van der Waals surface area contributed by atoms with Crippen LogP contribution in [-0.2, 0) is 6.18 Å². The molecule has 0 bridgehead atoms. The molecule has 6 nitrogen and oxygen atoms in total. The lowest BCUT2D eigenvalue weighted by Gasteiger charge is -2.08. The third-order valence-corrected chi connectivity index (χ3v) is 4.48. The van der Waals surface area contributed by atoms with Crippen LogP contribution in [0.3, 0.4) is 0 Å². The number of benzene rings is 2. The summed E-state index contributed by atoms with van der Waals surface area (Å²) < 4.78 is 67.9. The zero-order valence-corrected chi connectivity index (χ0v) is 15.8. The van der Waals surface area contributed by atoms with Crippen molar-refractivity contribution in [3.05, 3.63) is 82.9 Å². The lowest BCUT2D eigenvalue weighted by molar-refractivity contribution is -0.137. The molecule has 2 aromatic carbocycles. The van der Waals surface area contributed by atoms with E-state index < -0.39 is 23.4 Å². The summed E-state index contributed by atoms with van der Waals surface area (Å²) in [5.41, 5.74) is -0.246. The first-order chi connectivity index (χ1) is 14.6. The summed E-state index contributed by atoms with van der Waals surface area (Å²) in [6.07, 6.45) is -1.96. The number of aromatic nitrogens is 4. The molecule has 0 atom stereocenters. The number of halogens is 5. The summed E-state index contributed by atoms with van der Waals surface area (Å²) in [6.45, 7) is 1.58. The van der Waals surface area contributed by atoms with Gasteiger partial charge in [-0.25, -0.2) is 23.4 Å². The van der Waals surface area contributed by atoms with Gasteiger partial charge in [0.05, 0.1) is 17.5 Å². The van der Waals surface area contributed by atoms with E-state index in [0.29, 0.717) is 11.4 Å². The van der Waals surface area contributed by atoms with E-state index in [-0.39, 0.29) is 22.3 Å². The molecular weight excluding hydrogens is 419 g/mol. The van der Waals surface area contributed by atoms with Gasteiger partial charge in [0.15, 0.2) is 16.7 Å². The van der Waals surface area contributed by atoms with Crippen molar-refractivity contribution in [3.8, 4) is 5.69 Å². The Bertz CT molecular complexity index is 1370. The molecular formula is C20H13F5N6. The average Bonchev–Trinajstić information content (AvgIpc) is 3.04. The summed E-state index contributed by atoms with van der Waals surface area (Å²) in [6, 6.07) is 7.43. The SMILES string of the molecule is Cc1nc2c(=N)n(/N=C\c3ccc(C(F)(F)F)cc3)cnc2n1-c1ccc(F)cc1F. The number of nitrogens with zero attached hydrogens (tertiary/aromatic N) is 5. The Morgan fingerprint density at radius 1 is 1.06 bits per heavy atom. The summed E-state index contributed by atoms with van der Waals surface area (Å²) in [7, 11) is 0. The van der Waals surface area contributed by atoms with Gasteiger partial charge >= 0.3 is 6.18 Å². The number of hydrogen-bond donors (Lipinski definition) is 1. The van der Waals surface area contributed by atoms with Gasteiger partial charge in [0, 0.05) is 6.07 Å². The van der Waals surface area contributed by atoms with Gasteiger partial charge in [0.2, 0.25) is 0 Å². The monoisotopic (exact) mass is 432 g/mol. The van der Waals surface area contributed by atoms with E-state index in [1.807, 2.05) is 0 Å². The summed E-state index contributed by atoms with van der Waals surface area (Å²) >= 11 is 0. The lowest BCUT2D eigenvalue weighted by Crippen LogP contribution is -2.18. The highest BCUT2D eigenvalue weighted by Crippen LogP contribution is 2.28. The predicted molar refractivity (Wildman–Crippen MR) is 102 cm³/mol. The van der Waals surface area contributed by atoms with Crippen LogP contribution >= 0.6 is 0 Å². The standard InChI is InChI=1S/C20H13F5N6/c1-11-29-17-18(26)30(28-9-12-2-4-13(5-3-12)20(23,24)25)10-27-19(17)31(11)16-7-6-14(21)8-15(16)22/h2-10,26H,1H3/b26-18?,28-9-.